The topological polar surface area (TPSA) is 67.6 Å². The van der Waals surface area contributed by atoms with Crippen LogP contribution in [-0.4, -0.2) is 9.78 Å². The van der Waals surface area contributed by atoms with Crippen molar-refractivity contribution in [1.29, 1.82) is 5.26 Å². The molecule has 1 aromatic carbocycles. The summed E-state index contributed by atoms with van der Waals surface area (Å²) in [6, 6.07) is 11.0. The van der Waals surface area contributed by atoms with Crippen LogP contribution < -0.4 is 5.73 Å². The largest absolute Gasteiger partial charge is 0.397 e. The molecule has 0 aliphatic rings. The molecule has 0 amide bonds. The molecule has 4 heteroatoms. The molecule has 0 radical (unpaired) electrons. The predicted molar refractivity (Wildman–Crippen MR) is 52.7 cm³/mol. The van der Waals surface area contributed by atoms with Gasteiger partial charge in [0.25, 0.3) is 0 Å². The van der Waals surface area contributed by atoms with Gasteiger partial charge < -0.3 is 5.73 Å². The quantitative estimate of drug-likeness (QED) is 0.680. The highest BCUT2D eigenvalue weighted by Gasteiger charge is 2.05. The second kappa shape index (κ2) is 3.23. The van der Waals surface area contributed by atoms with Gasteiger partial charge >= 0.3 is 0 Å². The number of nitrogens with zero attached hydrogens (tertiary/aromatic N) is 3. The minimum Gasteiger partial charge on any atom is -0.397 e. The van der Waals surface area contributed by atoms with Crippen LogP contribution in [-0.2, 0) is 0 Å². The number of nitriles is 1. The molecule has 0 aliphatic heterocycles. The van der Waals surface area contributed by atoms with Gasteiger partial charge in [-0.05, 0) is 18.2 Å². The fourth-order valence-electron chi connectivity index (χ4n) is 1.26. The molecule has 1 heterocycles. The molecular weight excluding hydrogens is 176 g/mol. The Balaban J connectivity index is 2.62. The Bertz CT molecular complexity index is 493. The minimum atomic E-state index is 0.475. The van der Waals surface area contributed by atoms with Gasteiger partial charge in [-0.25, -0.2) is 4.68 Å². The number of nitrogens with two attached hydrogens (primary N) is 1. The van der Waals surface area contributed by atoms with E-state index in [1.54, 1.807) is 18.3 Å². The van der Waals surface area contributed by atoms with Gasteiger partial charge in [0.2, 0.25) is 0 Å². The van der Waals surface area contributed by atoms with Gasteiger partial charge in [0.05, 0.1) is 17.6 Å². The van der Waals surface area contributed by atoms with Gasteiger partial charge in [0.1, 0.15) is 11.8 Å². The summed E-state index contributed by atoms with van der Waals surface area (Å²) < 4.78 is 1.52. The van der Waals surface area contributed by atoms with Crippen LogP contribution in [0.1, 0.15) is 5.69 Å². The Hall–Kier alpha value is -2.28. The third kappa shape index (κ3) is 1.21. The monoisotopic (exact) mass is 184 g/mol. The van der Waals surface area contributed by atoms with Crippen molar-refractivity contribution in [2.45, 2.75) is 0 Å². The second-order valence-corrected chi connectivity index (χ2v) is 2.80. The number of hydrogen-bond acceptors (Lipinski definition) is 3. The molecule has 0 fully saturated rings. The summed E-state index contributed by atoms with van der Waals surface area (Å²) in [6.45, 7) is 0. The van der Waals surface area contributed by atoms with Crippen LogP contribution >= 0.6 is 0 Å². The smallest absolute Gasteiger partial charge is 0.144 e. The van der Waals surface area contributed by atoms with E-state index >= 15 is 0 Å². The number of hydrogen-bond donors (Lipinski definition) is 1. The number of para-hydroxylation sites is 2. The van der Waals surface area contributed by atoms with Gasteiger partial charge in [-0.1, -0.05) is 12.1 Å². The maximum Gasteiger partial charge on any atom is 0.144 e. The molecule has 0 saturated heterocycles. The molecule has 2 N–H and O–H groups in total. The van der Waals surface area contributed by atoms with Gasteiger partial charge in [0, 0.05) is 0 Å². The highest BCUT2D eigenvalue weighted by atomic mass is 15.3. The Morgan fingerprint density at radius 2 is 2.07 bits per heavy atom. The first-order valence-electron chi connectivity index (χ1n) is 4.12. The van der Waals surface area contributed by atoms with Crippen LogP contribution in [0, 0.1) is 11.3 Å². The Labute approximate surface area is 81.2 Å². The minimum absolute atomic E-state index is 0.475. The van der Waals surface area contributed by atoms with Crippen LogP contribution in [0.2, 0.25) is 0 Å². The SMILES string of the molecule is N#Cc1ccnn1-c1ccccc1N. The lowest BCUT2D eigenvalue weighted by Crippen LogP contribution is -2.02. The third-order valence-electron chi connectivity index (χ3n) is 1.92. The molecule has 2 rings (SSSR count). The first-order chi connectivity index (χ1) is 6.83. The highest BCUT2D eigenvalue weighted by molar-refractivity contribution is 5.58. The van der Waals surface area contributed by atoms with Gasteiger partial charge in [-0.2, -0.15) is 10.4 Å². The average Bonchev–Trinajstić information content (AvgIpc) is 2.66. The summed E-state index contributed by atoms with van der Waals surface area (Å²) in [5.74, 6) is 0. The lowest BCUT2D eigenvalue weighted by atomic mass is 10.2. The summed E-state index contributed by atoms with van der Waals surface area (Å²) in [4.78, 5) is 0. The number of rotatable bonds is 1. The van der Waals surface area contributed by atoms with Crippen molar-refractivity contribution in [1.82, 2.24) is 9.78 Å². The number of aromatic nitrogens is 2. The van der Waals surface area contributed by atoms with Crippen LogP contribution in [0.3, 0.4) is 0 Å². The first-order valence-corrected chi connectivity index (χ1v) is 4.12. The molecule has 68 valence electrons. The van der Waals surface area contributed by atoms with Crippen molar-refractivity contribution in [3.05, 3.63) is 42.2 Å². The van der Waals surface area contributed by atoms with Crippen LogP contribution in [0.25, 0.3) is 5.69 Å². The number of benzene rings is 1. The molecule has 4 nitrogen and oxygen atoms in total. The van der Waals surface area contributed by atoms with Gasteiger partial charge in [-0.15, -0.1) is 0 Å². The Morgan fingerprint density at radius 1 is 1.29 bits per heavy atom. The predicted octanol–water partition coefficient (Wildman–Crippen LogP) is 1.33. The van der Waals surface area contributed by atoms with Crippen LogP contribution in [0.5, 0.6) is 0 Å². The van der Waals surface area contributed by atoms with E-state index in [1.165, 1.54) is 4.68 Å². The molecule has 0 atom stereocenters. The second-order valence-electron chi connectivity index (χ2n) is 2.80. The molecule has 0 spiro atoms. The van der Waals surface area contributed by atoms with E-state index in [2.05, 4.69) is 5.10 Å². The van der Waals surface area contributed by atoms with Crippen molar-refractivity contribution in [3.63, 3.8) is 0 Å². The van der Waals surface area contributed by atoms with Crippen LogP contribution in [0.15, 0.2) is 36.5 Å². The van der Waals surface area contributed by atoms with E-state index in [4.69, 9.17) is 11.0 Å². The zero-order valence-electron chi connectivity index (χ0n) is 7.38. The van der Waals surface area contributed by atoms with Crippen molar-refractivity contribution in [3.8, 4) is 11.8 Å². The summed E-state index contributed by atoms with van der Waals surface area (Å²) in [5.41, 5.74) is 7.57. The van der Waals surface area contributed by atoms with Crippen molar-refractivity contribution in [2.24, 2.45) is 0 Å². The van der Waals surface area contributed by atoms with Gasteiger partial charge in [-0.3, -0.25) is 0 Å². The number of anilines is 1. The average molecular weight is 184 g/mol. The maximum atomic E-state index is 8.81. The maximum absolute atomic E-state index is 8.81. The Morgan fingerprint density at radius 3 is 2.79 bits per heavy atom. The van der Waals surface area contributed by atoms with Crippen molar-refractivity contribution in [2.75, 3.05) is 5.73 Å². The fraction of sp³-hybridized carbons (Fsp3) is 0. The Kier molecular flexibility index (Phi) is 1.92. The normalized spacial score (nSPS) is 9.64. The first kappa shape index (κ1) is 8.32. The van der Waals surface area contributed by atoms with E-state index in [0.717, 1.165) is 5.69 Å². The molecule has 0 aliphatic carbocycles. The van der Waals surface area contributed by atoms with E-state index in [0.29, 0.717) is 11.4 Å². The molecule has 2 aromatic rings. The third-order valence-corrected chi connectivity index (χ3v) is 1.92. The summed E-state index contributed by atoms with van der Waals surface area (Å²) in [6.07, 6.45) is 1.57. The standard InChI is InChI=1S/C10H8N4/c11-7-8-5-6-13-14(8)10-4-2-1-3-9(10)12/h1-6H,12H2. The summed E-state index contributed by atoms with van der Waals surface area (Å²) in [7, 11) is 0. The highest BCUT2D eigenvalue weighted by Crippen LogP contribution is 2.16. The molecule has 0 saturated carbocycles. The summed E-state index contributed by atoms with van der Waals surface area (Å²) >= 11 is 0. The van der Waals surface area contributed by atoms with E-state index < -0.39 is 0 Å². The summed E-state index contributed by atoms with van der Waals surface area (Å²) in [5, 5.41) is 12.8. The molecule has 0 unspecified atom stereocenters. The lowest BCUT2D eigenvalue weighted by Gasteiger charge is -2.05. The zero-order valence-corrected chi connectivity index (χ0v) is 7.38. The number of nitrogen functional groups attached to an aromatic ring is 1. The fourth-order valence-corrected chi connectivity index (χ4v) is 1.26. The van der Waals surface area contributed by atoms with E-state index in [1.807, 2.05) is 24.3 Å². The van der Waals surface area contributed by atoms with Gasteiger partial charge in [0.15, 0.2) is 0 Å². The van der Waals surface area contributed by atoms with Crippen molar-refractivity contribution < 1.29 is 0 Å². The molecular formula is C10H8N4. The molecule has 1 aromatic heterocycles. The van der Waals surface area contributed by atoms with Crippen molar-refractivity contribution >= 4 is 5.69 Å². The van der Waals surface area contributed by atoms with E-state index in [9.17, 15) is 0 Å². The zero-order chi connectivity index (χ0) is 9.97. The molecule has 14 heavy (non-hydrogen) atoms. The molecule has 0 bridgehead atoms. The van der Waals surface area contributed by atoms with Crippen LogP contribution in [0.4, 0.5) is 5.69 Å². The van der Waals surface area contributed by atoms with E-state index in [-0.39, 0.29) is 0 Å². The lowest BCUT2D eigenvalue weighted by molar-refractivity contribution is 0.869.